The van der Waals surface area contributed by atoms with Gasteiger partial charge in [0.1, 0.15) is 30.4 Å². The largest absolute Gasteiger partial charge is 0.497 e. The number of methoxy groups -OCH3 is 1. The van der Waals surface area contributed by atoms with E-state index >= 15 is 0 Å². The van der Waals surface area contributed by atoms with Crippen molar-refractivity contribution in [2.45, 2.75) is 6.92 Å². The van der Waals surface area contributed by atoms with Crippen LogP contribution in [0.5, 0.6) is 11.5 Å². The number of carbonyl (C=O) groups excluding carboxylic acids is 2. The molecule has 1 amide bonds. The molecule has 136 valence electrons. The van der Waals surface area contributed by atoms with Crippen molar-refractivity contribution in [3.05, 3.63) is 65.9 Å². The van der Waals surface area contributed by atoms with Gasteiger partial charge in [-0.3, -0.25) is 4.79 Å². The zero-order chi connectivity index (χ0) is 18.8. The molecule has 0 aliphatic rings. The highest BCUT2D eigenvalue weighted by Crippen LogP contribution is 2.16. The van der Waals surface area contributed by atoms with Gasteiger partial charge in [-0.05, 0) is 35.9 Å². The van der Waals surface area contributed by atoms with Gasteiger partial charge in [0, 0.05) is 6.92 Å². The van der Waals surface area contributed by atoms with E-state index in [4.69, 9.17) is 14.2 Å². The molecule has 0 unspecified atom stereocenters. The van der Waals surface area contributed by atoms with E-state index in [1.165, 1.54) is 6.92 Å². The van der Waals surface area contributed by atoms with E-state index in [-0.39, 0.29) is 24.8 Å². The molecule has 0 aliphatic carbocycles. The van der Waals surface area contributed by atoms with Crippen LogP contribution in [0, 0.1) is 0 Å². The predicted octanol–water partition coefficient (Wildman–Crippen LogP) is 2.79. The van der Waals surface area contributed by atoms with E-state index < -0.39 is 5.97 Å². The molecule has 0 saturated carbocycles. The Kier molecular flexibility index (Phi) is 7.24. The number of ether oxygens (including phenoxy) is 3. The van der Waals surface area contributed by atoms with Crippen LogP contribution in [0.1, 0.15) is 12.5 Å². The van der Waals surface area contributed by atoms with Gasteiger partial charge in [0.2, 0.25) is 5.91 Å². The first-order chi connectivity index (χ1) is 12.6. The lowest BCUT2D eigenvalue weighted by Crippen LogP contribution is -2.27. The van der Waals surface area contributed by atoms with Crippen LogP contribution in [0.4, 0.5) is 0 Å². The second-order valence-corrected chi connectivity index (χ2v) is 5.31. The number of esters is 1. The summed E-state index contributed by atoms with van der Waals surface area (Å²) in [7, 11) is 1.59. The average molecular weight is 355 g/mol. The minimum absolute atomic E-state index is 0.0522. The van der Waals surface area contributed by atoms with E-state index in [0.29, 0.717) is 5.75 Å². The molecule has 0 spiro atoms. The maximum Gasteiger partial charge on any atom is 0.354 e. The fourth-order valence-corrected chi connectivity index (χ4v) is 2.10. The summed E-state index contributed by atoms with van der Waals surface area (Å²) in [5.41, 5.74) is 0.857. The van der Waals surface area contributed by atoms with Crippen molar-refractivity contribution in [3.8, 4) is 11.5 Å². The Morgan fingerprint density at radius 1 is 0.962 bits per heavy atom. The maximum atomic E-state index is 12.2. The van der Waals surface area contributed by atoms with Gasteiger partial charge in [0.05, 0.1) is 7.11 Å². The van der Waals surface area contributed by atoms with Gasteiger partial charge in [0.15, 0.2) is 0 Å². The number of nitrogens with one attached hydrogen (secondary N) is 1. The number of rotatable bonds is 8. The summed E-state index contributed by atoms with van der Waals surface area (Å²) in [5, 5.41) is 2.49. The summed E-state index contributed by atoms with van der Waals surface area (Å²) in [4.78, 5) is 23.5. The highest BCUT2D eigenvalue weighted by molar-refractivity contribution is 5.97. The monoisotopic (exact) mass is 355 g/mol. The summed E-state index contributed by atoms with van der Waals surface area (Å²) in [5.74, 6) is 0.402. The summed E-state index contributed by atoms with van der Waals surface area (Å²) in [6.07, 6.45) is 1.56. The molecule has 2 aromatic carbocycles. The molecular formula is C20H21NO5. The standard InChI is InChI=1S/C20H21NO5/c1-15(22)21-19(14-16-6-4-3-5-7-16)20(23)26-13-12-25-18-10-8-17(24-2)9-11-18/h3-11,14H,12-13H2,1-2H3,(H,21,22)/b19-14-. The Morgan fingerprint density at radius 3 is 2.23 bits per heavy atom. The number of carbonyl (C=O) groups is 2. The Bertz CT molecular complexity index is 754. The maximum absolute atomic E-state index is 12.2. The zero-order valence-electron chi connectivity index (χ0n) is 14.7. The van der Waals surface area contributed by atoms with Crippen LogP contribution in [-0.2, 0) is 14.3 Å². The van der Waals surface area contributed by atoms with Gasteiger partial charge in [-0.1, -0.05) is 30.3 Å². The van der Waals surface area contributed by atoms with Crippen molar-refractivity contribution in [2.24, 2.45) is 0 Å². The molecule has 0 bridgehead atoms. The molecule has 0 aliphatic heterocycles. The highest BCUT2D eigenvalue weighted by atomic mass is 16.6. The third kappa shape index (κ3) is 6.32. The summed E-state index contributed by atoms with van der Waals surface area (Å²) in [6, 6.07) is 16.3. The third-order valence-corrected chi connectivity index (χ3v) is 3.29. The van der Waals surface area contributed by atoms with Crippen LogP contribution in [0.3, 0.4) is 0 Å². The molecule has 0 saturated heterocycles. The Balaban J connectivity index is 1.88. The van der Waals surface area contributed by atoms with Gasteiger partial charge in [0.25, 0.3) is 0 Å². The Morgan fingerprint density at radius 2 is 1.62 bits per heavy atom. The normalized spacial score (nSPS) is 10.8. The van der Waals surface area contributed by atoms with Gasteiger partial charge < -0.3 is 19.5 Å². The van der Waals surface area contributed by atoms with Gasteiger partial charge in [-0.15, -0.1) is 0 Å². The van der Waals surface area contributed by atoms with Crippen molar-refractivity contribution in [3.63, 3.8) is 0 Å². The summed E-state index contributed by atoms with van der Waals surface area (Å²) >= 11 is 0. The second kappa shape index (κ2) is 9.88. The molecule has 0 heterocycles. The second-order valence-electron chi connectivity index (χ2n) is 5.31. The first kappa shape index (κ1) is 19.1. The quantitative estimate of drug-likeness (QED) is 0.448. The lowest BCUT2D eigenvalue weighted by atomic mass is 10.2. The highest BCUT2D eigenvalue weighted by Gasteiger charge is 2.13. The van der Waals surface area contributed by atoms with Crippen LogP contribution in [0.15, 0.2) is 60.3 Å². The number of benzene rings is 2. The van der Waals surface area contributed by atoms with Crippen molar-refractivity contribution >= 4 is 18.0 Å². The van der Waals surface area contributed by atoms with E-state index in [2.05, 4.69) is 5.32 Å². The van der Waals surface area contributed by atoms with Gasteiger partial charge >= 0.3 is 5.97 Å². The number of amides is 1. The molecular weight excluding hydrogens is 334 g/mol. The fraction of sp³-hybridized carbons (Fsp3) is 0.200. The topological polar surface area (TPSA) is 73.9 Å². The Hall–Kier alpha value is -3.28. The summed E-state index contributed by atoms with van der Waals surface area (Å²) in [6.45, 7) is 1.58. The van der Waals surface area contributed by atoms with Crippen LogP contribution in [-0.4, -0.2) is 32.2 Å². The van der Waals surface area contributed by atoms with Gasteiger partial charge in [-0.2, -0.15) is 0 Å². The van der Waals surface area contributed by atoms with E-state index in [9.17, 15) is 9.59 Å². The van der Waals surface area contributed by atoms with E-state index in [0.717, 1.165) is 11.3 Å². The number of hydrogen-bond donors (Lipinski definition) is 1. The van der Waals surface area contributed by atoms with Crippen LogP contribution >= 0.6 is 0 Å². The molecule has 0 fully saturated rings. The van der Waals surface area contributed by atoms with Crippen LogP contribution in [0.25, 0.3) is 6.08 Å². The minimum atomic E-state index is -0.623. The van der Waals surface area contributed by atoms with E-state index in [1.54, 1.807) is 37.5 Å². The molecule has 0 aromatic heterocycles. The lowest BCUT2D eigenvalue weighted by Gasteiger charge is -2.10. The fourth-order valence-electron chi connectivity index (χ4n) is 2.10. The third-order valence-electron chi connectivity index (χ3n) is 3.29. The zero-order valence-corrected chi connectivity index (χ0v) is 14.7. The molecule has 6 nitrogen and oxygen atoms in total. The molecule has 6 heteroatoms. The molecule has 26 heavy (non-hydrogen) atoms. The molecule has 2 aromatic rings. The predicted molar refractivity (Wildman–Crippen MR) is 97.7 cm³/mol. The van der Waals surface area contributed by atoms with Crippen LogP contribution < -0.4 is 14.8 Å². The smallest absolute Gasteiger partial charge is 0.354 e. The van der Waals surface area contributed by atoms with Crippen molar-refractivity contribution in [2.75, 3.05) is 20.3 Å². The van der Waals surface area contributed by atoms with Crippen molar-refractivity contribution in [1.29, 1.82) is 0 Å². The Labute approximate surface area is 152 Å². The van der Waals surface area contributed by atoms with Crippen molar-refractivity contribution in [1.82, 2.24) is 5.32 Å². The minimum Gasteiger partial charge on any atom is -0.497 e. The SMILES string of the molecule is COc1ccc(OCCOC(=O)/C(=C/c2ccccc2)NC(C)=O)cc1. The summed E-state index contributed by atoms with van der Waals surface area (Å²) < 4.78 is 15.7. The van der Waals surface area contributed by atoms with Gasteiger partial charge in [-0.25, -0.2) is 4.79 Å². The number of hydrogen-bond acceptors (Lipinski definition) is 5. The molecule has 2 rings (SSSR count). The molecule has 1 N–H and O–H groups in total. The first-order valence-corrected chi connectivity index (χ1v) is 8.07. The molecule has 0 radical (unpaired) electrons. The van der Waals surface area contributed by atoms with Crippen LogP contribution in [0.2, 0.25) is 0 Å². The average Bonchev–Trinajstić information content (AvgIpc) is 2.65. The van der Waals surface area contributed by atoms with E-state index in [1.807, 2.05) is 30.3 Å². The van der Waals surface area contributed by atoms with Crippen molar-refractivity contribution < 1.29 is 23.8 Å². The molecule has 0 atom stereocenters. The lowest BCUT2D eigenvalue weighted by molar-refractivity contribution is -0.141. The first-order valence-electron chi connectivity index (χ1n) is 8.07.